The quantitative estimate of drug-likeness (QED) is 0.801. The minimum atomic E-state index is -0.752. The number of carbonyl (C=O) groups is 1. The predicted octanol–water partition coefficient (Wildman–Crippen LogP) is 4.35. The maximum absolute atomic E-state index is 10.7. The standard InChI is InChI=1S/C12H17Br2NO2S/c1-12(2,3)15(5-4-10(16)17)7-8-6-9(13)11(14)18-8/h6H,4-5,7H2,1-3H3,(H,16,17). The summed E-state index contributed by atoms with van der Waals surface area (Å²) < 4.78 is 2.12. The Bertz CT molecular complexity index is 407. The molecule has 1 rings (SSSR count). The number of carboxylic acids is 1. The molecule has 0 unspecified atom stereocenters. The molecule has 0 bridgehead atoms. The summed E-state index contributed by atoms with van der Waals surface area (Å²) in [5.74, 6) is -0.752. The van der Waals surface area contributed by atoms with Crippen LogP contribution in [0.25, 0.3) is 0 Å². The zero-order valence-corrected chi connectivity index (χ0v) is 14.7. The fourth-order valence-electron chi connectivity index (χ4n) is 1.54. The molecule has 18 heavy (non-hydrogen) atoms. The highest BCUT2D eigenvalue weighted by Gasteiger charge is 2.22. The van der Waals surface area contributed by atoms with Crippen LogP contribution in [0.15, 0.2) is 14.3 Å². The van der Waals surface area contributed by atoms with Crippen LogP contribution in [0, 0.1) is 0 Å². The molecule has 102 valence electrons. The molecule has 1 aromatic rings. The molecule has 0 amide bonds. The third-order valence-electron chi connectivity index (χ3n) is 2.59. The highest BCUT2D eigenvalue weighted by atomic mass is 79.9. The molecular weight excluding hydrogens is 382 g/mol. The normalized spacial score (nSPS) is 12.1. The average molecular weight is 399 g/mol. The fraction of sp³-hybridized carbons (Fsp3) is 0.583. The molecule has 0 radical (unpaired) electrons. The van der Waals surface area contributed by atoms with Gasteiger partial charge in [-0.2, -0.15) is 0 Å². The van der Waals surface area contributed by atoms with E-state index in [0.29, 0.717) is 6.54 Å². The van der Waals surface area contributed by atoms with Gasteiger partial charge in [0.25, 0.3) is 0 Å². The van der Waals surface area contributed by atoms with Gasteiger partial charge in [0.15, 0.2) is 0 Å². The Labute approximate surface area is 128 Å². The van der Waals surface area contributed by atoms with E-state index in [1.165, 1.54) is 4.88 Å². The second-order valence-electron chi connectivity index (χ2n) is 5.07. The van der Waals surface area contributed by atoms with Crippen LogP contribution in [-0.4, -0.2) is 28.1 Å². The summed E-state index contributed by atoms with van der Waals surface area (Å²) in [5, 5.41) is 8.80. The lowest BCUT2D eigenvalue weighted by Crippen LogP contribution is -2.41. The van der Waals surface area contributed by atoms with Crippen LogP contribution in [0.2, 0.25) is 0 Å². The summed E-state index contributed by atoms with van der Waals surface area (Å²) in [4.78, 5) is 14.1. The highest BCUT2D eigenvalue weighted by Crippen LogP contribution is 2.33. The first kappa shape index (κ1) is 16.1. The largest absolute Gasteiger partial charge is 0.481 e. The van der Waals surface area contributed by atoms with Crippen molar-refractivity contribution in [2.45, 2.75) is 39.3 Å². The summed E-state index contributed by atoms with van der Waals surface area (Å²) in [6.07, 6.45) is 0.172. The minimum absolute atomic E-state index is 0.0433. The van der Waals surface area contributed by atoms with Gasteiger partial charge in [-0.15, -0.1) is 11.3 Å². The van der Waals surface area contributed by atoms with Gasteiger partial charge in [0.1, 0.15) is 0 Å². The van der Waals surface area contributed by atoms with Gasteiger partial charge in [0.05, 0.1) is 10.2 Å². The van der Waals surface area contributed by atoms with E-state index in [0.717, 1.165) is 14.8 Å². The molecule has 1 heterocycles. The van der Waals surface area contributed by atoms with E-state index in [2.05, 4.69) is 63.6 Å². The number of thiophene rings is 1. The molecule has 6 heteroatoms. The lowest BCUT2D eigenvalue weighted by molar-refractivity contribution is -0.137. The summed E-state index contributed by atoms with van der Waals surface area (Å²) in [6, 6.07) is 2.08. The van der Waals surface area contributed by atoms with Crippen LogP contribution in [0.5, 0.6) is 0 Å². The topological polar surface area (TPSA) is 40.5 Å². The van der Waals surface area contributed by atoms with Gasteiger partial charge in [0, 0.05) is 28.0 Å². The molecule has 3 nitrogen and oxygen atoms in total. The molecule has 1 aromatic heterocycles. The second kappa shape index (κ2) is 6.50. The van der Waals surface area contributed by atoms with Crippen LogP contribution in [0.1, 0.15) is 32.1 Å². The number of carboxylic acid groups (broad SMARTS) is 1. The van der Waals surface area contributed by atoms with Crippen molar-refractivity contribution in [3.05, 3.63) is 19.2 Å². The van der Waals surface area contributed by atoms with Gasteiger partial charge >= 0.3 is 5.97 Å². The number of halogens is 2. The SMILES string of the molecule is CC(C)(C)N(CCC(=O)O)Cc1cc(Br)c(Br)s1. The lowest BCUT2D eigenvalue weighted by Gasteiger charge is -2.35. The van der Waals surface area contributed by atoms with Crippen LogP contribution < -0.4 is 0 Å². The van der Waals surface area contributed by atoms with Gasteiger partial charge in [-0.3, -0.25) is 9.69 Å². The van der Waals surface area contributed by atoms with Crippen LogP contribution in [0.4, 0.5) is 0 Å². The first-order valence-corrected chi connectivity index (χ1v) is 8.01. The molecule has 0 aliphatic carbocycles. The number of rotatable bonds is 5. The third kappa shape index (κ3) is 4.99. The summed E-state index contributed by atoms with van der Waals surface area (Å²) >= 11 is 8.62. The fourth-order valence-corrected chi connectivity index (χ4v) is 3.73. The smallest absolute Gasteiger partial charge is 0.304 e. The molecule has 0 fully saturated rings. The van der Waals surface area contributed by atoms with Crippen molar-refractivity contribution in [3.63, 3.8) is 0 Å². The maximum Gasteiger partial charge on any atom is 0.304 e. The van der Waals surface area contributed by atoms with E-state index in [1.54, 1.807) is 11.3 Å². The first-order chi connectivity index (χ1) is 8.20. The predicted molar refractivity (Wildman–Crippen MR) is 82.1 cm³/mol. The van der Waals surface area contributed by atoms with Gasteiger partial charge < -0.3 is 5.11 Å². The molecule has 0 aliphatic rings. The van der Waals surface area contributed by atoms with Crippen LogP contribution >= 0.6 is 43.2 Å². The molecule has 0 aliphatic heterocycles. The lowest BCUT2D eigenvalue weighted by atomic mass is 10.1. The molecule has 1 N–H and O–H groups in total. The van der Waals surface area contributed by atoms with E-state index in [1.807, 2.05) is 0 Å². The zero-order valence-electron chi connectivity index (χ0n) is 10.7. The minimum Gasteiger partial charge on any atom is -0.481 e. The van der Waals surface area contributed by atoms with Gasteiger partial charge in [-0.05, 0) is 58.7 Å². The Hall–Kier alpha value is 0.0900. The van der Waals surface area contributed by atoms with Crippen molar-refractivity contribution in [3.8, 4) is 0 Å². The summed E-state index contributed by atoms with van der Waals surface area (Å²) in [6.45, 7) is 7.64. The monoisotopic (exact) mass is 397 g/mol. The molecule has 0 saturated carbocycles. The zero-order chi connectivity index (χ0) is 13.9. The molecule has 0 aromatic carbocycles. The summed E-state index contributed by atoms with van der Waals surface area (Å²) in [7, 11) is 0. The average Bonchev–Trinajstić information content (AvgIpc) is 2.51. The number of hydrogen-bond donors (Lipinski definition) is 1. The van der Waals surface area contributed by atoms with E-state index in [9.17, 15) is 4.79 Å². The van der Waals surface area contributed by atoms with E-state index >= 15 is 0 Å². The van der Waals surface area contributed by atoms with Crippen molar-refractivity contribution < 1.29 is 9.90 Å². The van der Waals surface area contributed by atoms with Crippen molar-refractivity contribution in [1.29, 1.82) is 0 Å². The number of aliphatic carboxylic acids is 1. The Balaban J connectivity index is 2.75. The molecular formula is C12H17Br2NO2S. The maximum atomic E-state index is 10.7. The van der Waals surface area contributed by atoms with Crippen molar-refractivity contribution in [1.82, 2.24) is 4.90 Å². The Kier molecular flexibility index (Phi) is 5.83. The first-order valence-electron chi connectivity index (χ1n) is 5.60. The Morgan fingerprint density at radius 1 is 1.44 bits per heavy atom. The van der Waals surface area contributed by atoms with Gasteiger partial charge in [-0.1, -0.05) is 0 Å². The highest BCUT2D eigenvalue weighted by molar-refractivity contribution is 9.13. The molecule has 0 atom stereocenters. The van der Waals surface area contributed by atoms with E-state index in [4.69, 9.17) is 5.11 Å². The van der Waals surface area contributed by atoms with Crippen molar-refractivity contribution >= 4 is 49.2 Å². The Morgan fingerprint density at radius 2 is 2.06 bits per heavy atom. The van der Waals surface area contributed by atoms with Crippen molar-refractivity contribution in [2.24, 2.45) is 0 Å². The van der Waals surface area contributed by atoms with Gasteiger partial charge in [0.2, 0.25) is 0 Å². The third-order valence-corrected chi connectivity index (χ3v) is 5.83. The van der Waals surface area contributed by atoms with E-state index in [-0.39, 0.29) is 12.0 Å². The second-order valence-corrected chi connectivity index (χ2v) is 8.38. The molecule has 0 spiro atoms. The Morgan fingerprint density at radius 3 is 2.44 bits per heavy atom. The van der Waals surface area contributed by atoms with Crippen LogP contribution in [0.3, 0.4) is 0 Å². The number of hydrogen-bond acceptors (Lipinski definition) is 3. The van der Waals surface area contributed by atoms with E-state index < -0.39 is 5.97 Å². The summed E-state index contributed by atoms with van der Waals surface area (Å²) in [5.41, 5.74) is -0.0433. The van der Waals surface area contributed by atoms with Crippen molar-refractivity contribution in [2.75, 3.05) is 6.54 Å². The van der Waals surface area contributed by atoms with Gasteiger partial charge in [-0.25, -0.2) is 0 Å². The number of nitrogens with zero attached hydrogens (tertiary/aromatic N) is 1. The molecule has 0 saturated heterocycles. The van der Waals surface area contributed by atoms with Crippen LogP contribution in [-0.2, 0) is 11.3 Å².